The number of ketones is 3. The zero-order valence-electron chi connectivity index (χ0n) is 24.9. The second-order valence-corrected chi connectivity index (χ2v) is 11.4. The third-order valence-corrected chi connectivity index (χ3v) is 5.83. The molecular weight excluding hydrogens is 770 g/mol. The first-order valence-corrected chi connectivity index (χ1v) is 14.4. The fourth-order valence-electron chi connectivity index (χ4n) is 3.11. The third-order valence-electron chi connectivity index (χ3n) is 4.50. The van der Waals surface area contributed by atoms with Crippen LogP contribution in [0.4, 0.5) is 0 Å². The van der Waals surface area contributed by atoms with Crippen molar-refractivity contribution in [1.82, 2.24) is 25.1 Å². The predicted octanol–water partition coefficient (Wildman–Crippen LogP) is 7.72. The average molecular weight is 810 g/mol. The van der Waals surface area contributed by atoms with Crippen LogP contribution >= 0.6 is 47.8 Å². The largest absolute Gasteiger partial charge is 0.481 e. The lowest BCUT2D eigenvalue weighted by Crippen LogP contribution is -2.10. The van der Waals surface area contributed by atoms with Gasteiger partial charge in [0.15, 0.2) is 11.6 Å². The number of fused-ring (bicyclic) bond motifs is 1. The number of hydrogen-bond donors (Lipinski definition) is 4. The summed E-state index contributed by atoms with van der Waals surface area (Å²) < 4.78 is 6.56. The van der Waals surface area contributed by atoms with Gasteiger partial charge in [-0.3, -0.25) is 29.0 Å². The molecule has 12 nitrogen and oxygen atoms in total. The van der Waals surface area contributed by atoms with Crippen molar-refractivity contribution in [2.45, 2.75) is 62.4 Å². The van der Waals surface area contributed by atoms with Crippen molar-refractivity contribution < 1.29 is 34.2 Å². The van der Waals surface area contributed by atoms with Gasteiger partial charge in [-0.1, -0.05) is 7.43 Å². The van der Waals surface area contributed by atoms with Gasteiger partial charge in [-0.2, -0.15) is 0 Å². The summed E-state index contributed by atoms with van der Waals surface area (Å²) in [5.74, 6) is -1.61. The maximum atomic E-state index is 11.1. The number of aliphatic carboxylic acids is 2. The molecule has 6 N–H and O–H groups in total. The van der Waals surface area contributed by atoms with Gasteiger partial charge in [-0.25, -0.2) is 0 Å². The number of aryl methyl sites for hydroxylation is 2. The Hall–Kier alpha value is -3.40. The topological polar surface area (TPSA) is 199 Å². The van der Waals surface area contributed by atoms with Gasteiger partial charge in [0.25, 0.3) is 11.9 Å². The van der Waals surface area contributed by atoms with E-state index >= 15 is 0 Å². The zero-order chi connectivity index (χ0) is 32.7. The summed E-state index contributed by atoms with van der Waals surface area (Å²) in [6.07, 6.45) is 7.53. The molecule has 15 heteroatoms. The Morgan fingerprint density at radius 1 is 0.795 bits per heavy atom. The van der Waals surface area contributed by atoms with E-state index in [4.69, 9.17) is 19.8 Å². The van der Waals surface area contributed by atoms with Crippen molar-refractivity contribution in [3.05, 3.63) is 79.2 Å². The van der Waals surface area contributed by atoms with E-state index in [0.29, 0.717) is 11.4 Å². The standard InChI is InChI=1S/C9H9BrN2.C9H10BrNO2.C6H6BrNO.2C2H4O2.CH4.H3N/c1-6-4-12-5-8(10)3-9(12)7(2)11-6;1-6(12)4-11-5-8(10)3-9(11)7(2)13;1-4(9)6-2-5(7)3-8-6;2*1-2(3)4;;/h3-5H,1-2H3;3,5H,4H2,1-2H3;2-3,8H,1H3;2*1H3,(H,3,4);1H4;1H3. The number of rotatable bonds is 4. The molecular formula is C29H40Br3N5O7. The Morgan fingerprint density at radius 2 is 1.30 bits per heavy atom. The smallest absolute Gasteiger partial charge is 0.300 e. The van der Waals surface area contributed by atoms with Gasteiger partial charge >= 0.3 is 0 Å². The summed E-state index contributed by atoms with van der Waals surface area (Å²) in [6, 6.07) is 5.54. The molecule has 0 radical (unpaired) electrons. The minimum absolute atomic E-state index is 0. The second kappa shape index (κ2) is 22.2. The van der Waals surface area contributed by atoms with Crippen LogP contribution in [0.5, 0.6) is 0 Å². The average Bonchev–Trinajstić information content (AvgIpc) is 3.51. The molecule has 4 aromatic heterocycles. The molecule has 0 saturated heterocycles. The van der Waals surface area contributed by atoms with Crippen molar-refractivity contribution in [2.24, 2.45) is 0 Å². The Morgan fingerprint density at radius 3 is 1.68 bits per heavy atom. The molecule has 0 unspecified atom stereocenters. The number of carboxylic acid groups (broad SMARTS) is 2. The predicted molar refractivity (Wildman–Crippen MR) is 182 cm³/mol. The van der Waals surface area contributed by atoms with Gasteiger partial charge in [0.05, 0.1) is 34.8 Å². The third kappa shape index (κ3) is 19.0. The molecule has 0 bridgehead atoms. The van der Waals surface area contributed by atoms with Crippen LogP contribution in [0.2, 0.25) is 0 Å². The maximum absolute atomic E-state index is 11.1. The molecule has 0 atom stereocenters. The first-order valence-electron chi connectivity index (χ1n) is 12.0. The van der Waals surface area contributed by atoms with Crippen molar-refractivity contribution >= 4 is 82.6 Å². The lowest BCUT2D eigenvalue weighted by atomic mass is 10.3. The van der Waals surface area contributed by atoms with Gasteiger partial charge < -0.3 is 30.3 Å². The molecule has 0 fully saturated rings. The highest BCUT2D eigenvalue weighted by Crippen LogP contribution is 2.18. The Labute approximate surface area is 282 Å². The van der Waals surface area contributed by atoms with Crippen LogP contribution in [-0.4, -0.2) is 58.4 Å². The fourth-order valence-corrected chi connectivity index (χ4v) is 4.35. The normalized spacial score (nSPS) is 9.05. The number of aromatic nitrogens is 4. The number of halogens is 3. The number of carboxylic acids is 2. The quantitative estimate of drug-likeness (QED) is 0.149. The van der Waals surface area contributed by atoms with Crippen molar-refractivity contribution in [3.8, 4) is 0 Å². The van der Waals surface area contributed by atoms with Gasteiger partial charge in [0, 0.05) is 65.9 Å². The summed E-state index contributed by atoms with van der Waals surface area (Å²) in [5.41, 5.74) is 4.47. The van der Waals surface area contributed by atoms with E-state index in [2.05, 4.69) is 68.2 Å². The van der Waals surface area contributed by atoms with Crippen LogP contribution in [0.1, 0.15) is 74.4 Å². The molecule has 0 aliphatic heterocycles. The molecule has 44 heavy (non-hydrogen) atoms. The number of carbonyl (C=O) groups excluding carboxylic acids is 3. The molecule has 0 saturated carbocycles. The summed E-state index contributed by atoms with van der Waals surface area (Å²) in [4.78, 5) is 57.7. The summed E-state index contributed by atoms with van der Waals surface area (Å²) >= 11 is 9.91. The molecule has 0 spiro atoms. The summed E-state index contributed by atoms with van der Waals surface area (Å²) in [7, 11) is 0. The van der Waals surface area contributed by atoms with Gasteiger partial charge in [-0.15, -0.1) is 0 Å². The highest BCUT2D eigenvalue weighted by Gasteiger charge is 2.09. The molecule has 4 aromatic rings. The number of hydrogen-bond acceptors (Lipinski definition) is 7. The zero-order valence-corrected chi connectivity index (χ0v) is 29.6. The van der Waals surface area contributed by atoms with E-state index in [1.807, 2.05) is 26.2 Å². The number of nitrogens with zero attached hydrogens (tertiary/aromatic N) is 3. The van der Waals surface area contributed by atoms with E-state index in [0.717, 1.165) is 44.2 Å². The number of H-pyrrole nitrogens is 1. The van der Waals surface area contributed by atoms with Crippen molar-refractivity contribution in [2.75, 3.05) is 0 Å². The number of nitrogens with one attached hydrogen (secondary N) is 1. The Kier molecular flexibility index (Phi) is 22.7. The Bertz CT molecular complexity index is 1520. The summed E-state index contributed by atoms with van der Waals surface area (Å²) in [6.45, 7) is 10.9. The molecule has 4 rings (SSSR count). The SMILES string of the molecule is C.CC(=O)Cn1cc(Br)cc1C(C)=O.CC(=O)O.CC(=O)O.CC(=O)c1cc(Br)c[nH]1.Cc1cn2cc(Br)cc2c(C)n1.N. The number of Topliss-reactive ketones (excluding diaryl/α,β-unsaturated/α-hetero) is 3. The monoisotopic (exact) mass is 807 g/mol. The van der Waals surface area contributed by atoms with Crippen LogP contribution < -0.4 is 6.15 Å². The first-order chi connectivity index (χ1) is 19.3. The van der Waals surface area contributed by atoms with Crippen LogP contribution in [0.3, 0.4) is 0 Å². The number of aromatic amines is 1. The lowest BCUT2D eigenvalue weighted by molar-refractivity contribution is -0.135. The number of carbonyl (C=O) groups is 5. The van der Waals surface area contributed by atoms with E-state index in [1.54, 1.807) is 29.1 Å². The maximum Gasteiger partial charge on any atom is 0.300 e. The molecule has 0 aliphatic carbocycles. The highest BCUT2D eigenvalue weighted by atomic mass is 79.9. The van der Waals surface area contributed by atoms with E-state index in [9.17, 15) is 14.4 Å². The van der Waals surface area contributed by atoms with E-state index in [-0.39, 0.29) is 37.5 Å². The lowest BCUT2D eigenvalue weighted by Gasteiger charge is -2.02. The first kappa shape index (κ1) is 45.0. The minimum atomic E-state index is -0.833. The van der Waals surface area contributed by atoms with Crippen LogP contribution in [0, 0.1) is 13.8 Å². The summed E-state index contributed by atoms with van der Waals surface area (Å²) in [5, 5.41) is 14.8. The fraction of sp³-hybridized carbons (Fsp3) is 0.310. The van der Waals surface area contributed by atoms with Gasteiger partial charge in [0.1, 0.15) is 5.78 Å². The molecule has 0 amide bonds. The second-order valence-electron chi connectivity index (χ2n) is 8.67. The van der Waals surface area contributed by atoms with Gasteiger partial charge in [0.2, 0.25) is 0 Å². The van der Waals surface area contributed by atoms with Crippen LogP contribution in [-0.2, 0) is 20.9 Å². The van der Waals surface area contributed by atoms with Crippen LogP contribution in [0.15, 0.2) is 56.4 Å². The molecule has 0 aromatic carbocycles. The van der Waals surface area contributed by atoms with Gasteiger partial charge in [-0.05, 0) is 86.8 Å². The molecule has 0 aliphatic rings. The van der Waals surface area contributed by atoms with Crippen LogP contribution in [0.25, 0.3) is 5.52 Å². The minimum Gasteiger partial charge on any atom is -0.481 e. The highest BCUT2D eigenvalue weighted by molar-refractivity contribution is 9.11. The molecule has 244 valence electrons. The van der Waals surface area contributed by atoms with E-state index in [1.165, 1.54) is 20.8 Å². The molecule has 4 heterocycles. The van der Waals surface area contributed by atoms with E-state index < -0.39 is 11.9 Å². The Balaban J connectivity index is -0.000000505. The van der Waals surface area contributed by atoms with Crippen molar-refractivity contribution in [1.29, 1.82) is 0 Å². The van der Waals surface area contributed by atoms with Crippen molar-refractivity contribution in [3.63, 3.8) is 0 Å².